The topological polar surface area (TPSA) is 60.2 Å². The number of ether oxygens (including phenoxy) is 3. The second-order valence-corrected chi connectivity index (χ2v) is 7.53. The van der Waals surface area contributed by atoms with Gasteiger partial charge >= 0.3 is 6.11 Å². The normalized spacial score (nSPS) is 14.5. The summed E-state index contributed by atoms with van der Waals surface area (Å²) in [6.07, 6.45) is -2.29. The van der Waals surface area contributed by atoms with Crippen molar-refractivity contribution in [3.8, 4) is 11.5 Å². The number of nitrogens with zero attached hydrogens (tertiary/aromatic N) is 2. The lowest BCUT2D eigenvalue weighted by Gasteiger charge is -2.35. The Morgan fingerprint density at radius 2 is 1.81 bits per heavy atom. The maximum atomic E-state index is 13.2. The van der Waals surface area contributed by atoms with Crippen LogP contribution in [0.2, 0.25) is 0 Å². The van der Waals surface area contributed by atoms with Crippen molar-refractivity contribution in [1.29, 1.82) is 0 Å². The number of rotatable bonds is 9. The number of nitrogens with two attached hydrogens (primary N) is 1. The fourth-order valence-corrected chi connectivity index (χ4v) is 3.20. The van der Waals surface area contributed by atoms with Crippen molar-refractivity contribution >= 4 is 0 Å². The Morgan fingerprint density at radius 1 is 1.13 bits per heavy atom. The summed E-state index contributed by atoms with van der Waals surface area (Å²) in [5, 5.41) is 0. The van der Waals surface area contributed by atoms with Gasteiger partial charge in [-0.2, -0.15) is 8.78 Å². The minimum Gasteiger partial charge on any atom is -0.473 e. The first kappa shape index (κ1) is 22.7. The lowest BCUT2D eigenvalue weighted by Crippen LogP contribution is -2.40. The molecule has 0 saturated carbocycles. The van der Waals surface area contributed by atoms with Crippen LogP contribution in [0, 0.1) is 0 Å². The van der Waals surface area contributed by atoms with Crippen molar-refractivity contribution in [2.45, 2.75) is 32.9 Å². The van der Waals surface area contributed by atoms with Crippen LogP contribution in [0.5, 0.6) is 11.5 Å². The van der Waals surface area contributed by atoms with E-state index in [1.54, 1.807) is 12.1 Å². The van der Waals surface area contributed by atoms with Crippen LogP contribution >= 0.6 is 0 Å². The molecule has 0 radical (unpaired) electrons. The molecule has 0 aliphatic carbocycles. The summed E-state index contributed by atoms with van der Waals surface area (Å²) < 4.78 is 42.5. The van der Waals surface area contributed by atoms with Crippen LogP contribution in [0.3, 0.4) is 0 Å². The molecule has 1 aliphatic rings. The molecule has 0 spiro atoms. The molecule has 0 fully saturated rings. The number of alkyl halides is 2. The first-order valence-electron chi connectivity index (χ1n) is 10.1. The summed E-state index contributed by atoms with van der Waals surface area (Å²) in [6.45, 7) is 4.30. The van der Waals surface area contributed by atoms with Gasteiger partial charge in [-0.3, -0.25) is 0 Å². The molecule has 3 rings (SSSR count). The summed E-state index contributed by atoms with van der Waals surface area (Å²) in [4.78, 5) is 3.80. The fourth-order valence-electron chi connectivity index (χ4n) is 3.20. The van der Waals surface area contributed by atoms with E-state index in [0.29, 0.717) is 38.4 Å². The summed E-state index contributed by atoms with van der Waals surface area (Å²) >= 11 is 0. The van der Waals surface area contributed by atoms with Gasteiger partial charge in [0.05, 0.1) is 12.3 Å². The average Bonchev–Trinajstić information content (AvgIpc) is 2.73. The molecule has 2 aromatic carbocycles. The van der Waals surface area contributed by atoms with Gasteiger partial charge in [-0.05, 0) is 29.7 Å². The third-order valence-electron chi connectivity index (χ3n) is 4.91. The number of halogens is 2. The highest BCUT2D eigenvalue weighted by molar-refractivity contribution is 5.33. The summed E-state index contributed by atoms with van der Waals surface area (Å²) in [6, 6.07) is 14.5. The van der Waals surface area contributed by atoms with Crippen LogP contribution < -0.4 is 15.2 Å². The van der Waals surface area contributed by atoms with Crippen LogP contribution in [0.4, 0.5) is 8.78 Å². The van der Waals surface area contributed by atoms with E-state index in [9.17, 15) is 8.78 Å². The minimum atomic E-state index is -3.27. The Labute approximate surface area is 181 Å². The van der Waals surface area contributed by atoms with E-state index in [-0.39, 0.29) is 12.5 Å². The van der Waals surface area contributed by atoms with Crippen LogP contribution in [0.1, 0.15) is 25.0 Å². The Hall–Kier alpha value is -3.00. The molecule has 0 aromatic heterocycles. The first-order chi connectivity index (χ1) is 14.7. The quantitative estimate of drug-likeness (QED) is 0.600. The van der Waals surface area contributed by atoms with Gasteiger partial charge in [0.25, 0.3) is 0 Å². The molecule has 168 valence electrons. The molecular weight excluding hydrogens is 404 g/mol. The zero-order chi connectivity index (χ0) is 22.4. The molecule has 0 saturated heterocycles. The van der Waals surface area contributed by atoms with Gasteiger partial charge in [-0.15, -0.1) is 0 Å². The zero-order valence-corrected chi connectivity index (χ0v) is 18.1. The van der Waals surface area contributed by atoms with Crippen LogP contribution in [-0.4, -0.2) is 43.0 Å². The molecule has 0 amide bonds. The van der Waals surface area contributed by atoms with Gasteiger partial charge in [0.2, 0.25) is 0 Å². The van der Waals surface area contributed by atoms with Crippen molar-refractivity contribution in [3.05, 3.63) is 71.2 Å². The molecule has 6 nitrogen and oxygen atoms in total. The highest BCUT2D eigenvalue weighted by Gasteiger charge is 2.24. The predicted molar refractivity (Wildman–Crippen MR) is 114 cm³/mol. The minimum absolute atomic E-state index is 0.0335. The van der Waals surface area contributed by atoms with E-state index >= 15 is 0 Å². The van der Waals surface area contributed by atoms with Gasteiger partial charge in [0.1, 0.15) is 24.1 Å². The number of aryl methyl sites for hydroxylation is 1. The Morgan fingerprint density at radius 3 is 2.48 bits per heavy atom. The monoisotopic (exact) mass is 433 g/mol. The van der Waals surface area contributed by atoms with Crippen molar-refractivity contribution in [3.63, 3.8) is 0 Å². The Bertz CT molecular complexity index is 898. The molecule has 0 bridgehead atoms. The molecule has 31 heavy (non-hydrogen) atoms. The van der Waals surface area contributed by atoms with E-state index in [2.05, 4.69) is 35.9 Å². The van der Waals surface area contributed by atoms with Gasteiger partial charge in [-0.25, -0.2) is 0 Å². The van der Waals surface area contributed by atoms with Gasteiger partial charge in [0, 0.05) is 26.6 Å². The molecule has 2 N–H and O–H groups in total. The zero-order valence-electron chi connectivity index (χ0n) is 18.1. The van der Waals surface area contributed by atoms with Gasteiger partial charge < -0.3 is 29.7 Å². The largest absolute Gasteiger partial charge is 0.473 e. The van der Waals surface area contributed by atoms with Crippen molar-refractivity contribution in [2.24, 2.45) is 5.73 Å². The lowest BCUT2D eigenvalue weighted by molar-refractivity contribution is -0.159. The standard InChI is InChI=1S/C23H29F2N3O3/c1-4-17-8-10-18(11-9-17)13-28(21-14-29-15-27(3)22(21)26)16-30-19-6-5-7-20(12-19)31-23(2,24)25/h5-12H,4,13-16,26H2,1-3H3. The number of benzene rings is 2. The SMILES string of the molecule is CCc1ccc(CN(COc2cccc(OC(C)(F)F)c2)C2=C(N)N(C)COC2)cc1. The fraction of sp³-hybridized carbons (Fsp3) is 0.391. The molecule has 1 aliphatic heterocycles. The van der Waals surface area contributed by atoms with Crippen molar-refractivity contribution in [2.75, 3.05) is 27.1 Å². The third kappa shape index (κ3) is 6.49. The van der Waals surface area contributed by atoms with E-state index in [0.717, 1.165) is 17.7 Å². The molecule has 0 atom stereocenters. The molecule has 1 heterocycles. The maximum Gasteiger partial charge on any atom is 0.394 e. The Kier molecular flexibility index (Phi) is 7.22. The number of hydrogen-bond donors (Lipinski definition) is 1. The molecular formula is C23H29F2N3O3. The van der Waals surface area contributed by atoms with Crippen LogP contribution in [-0.2, 0) is 17.7 Å². The molecule has 2 aromatic rings. The average molecular weight is 433 g/mol. The van der Waals surface area contributed by atoms with Crippen LogP contribution in [0.15, 0.2) is 60.0 Å². The summed E-state index contributed by atoms with van der Waals surface area (Å²) in [5.41, 5.74) is 9.47. The molecule has 8 heteroatoms. The molecule has 0 unspecified atom stereocenters. The highest BCUT2D eigenvalue weighted by Crippen LogP contribution is 2.26. The summed E-state index contributed by atoms with van der Waals surface area (Å²) in [7, 11) is 1.86. The number of hydrogen-bond acceptors (Lipinski definition) is 6. The first-order valence-corrected chi connectivity index (χ1v) is 10.1. The summed E-state index contributed by atoms with van der Waals surface area (Å²) in [5.74, 6) is 1.06. The van der Waals surface area contributed by atoms with Gasteiger partial charge in [0.15, 0.2) is 6.73 Å². The lowest BCUT2D eigenvalue weighted by atomic mass is 10.1. The van der Waals surface area contributed by atoms with Gasteiger partial charge in [-0.1, -0.05) is 37.3 Å². The maximum absolute atomic E-state index is 13.2. The van der Waals surface area contributed by atoms with Crippen LogP contribution in [0.25, 0.3) is 0 Å². The third-order valence-corrected chi connectivity index (χ3v) is 4.91. The second-order valence-electron chi connectivity index (χ2n) is 7.53. The van der Waals surface area contributed by atoms with Crippen molar-refractivity contribution < 1.29 is 23.0 Å². The van der Waals surface area contributed by atoms with E-state index < -0.39 is 6.11 Å². The predicted octanol–water partition coefficient (Wildman–Crippen LogP) is 4.13. The van der Waals surface area contributed by atoms with E-state index in [1.165, 1.54) is 17.7 Å². The smallest absolute Gasteiger partial charge is 0.394 e. The second kappa shape index (κ2) is 9.87. The van der Waals surface area contributed by atoms with E-state index in [4.69, 9.17) is 15.2 Å². The van der Waals surface area contributed by atoms with Crippen molar-refractivity contribution in [1.82, 2.24) is 9.80 Å². The Balaban J connectivity index is 1.78. The van der Waals surface area contributed by atoms with E-state index in [1.807, 2.05) is 16.8 Å². The highest BCUT2D eigenvalue weighted by atomic mass is 19.3.